The van der Waals surface area contributed by atoms with Gasteiger partial charge in [-0.1, -0.05) is 13.8 Å². The lowest BCUT2D eigenvalue weighted by Gasteiger charge is -2.30. The second-order valence-electron chi connectivity index (χ2n) is 14.1. The third-order valence-electron chi connectivity index (χ3n) is 7.57. The molecule has 58 heavy (non-hydrogen) atoms. The van der Waals surface area contributed by atoms with Gasteiger partial charge in [-0.05, 0) is 0 Å². The number of anilines is 1. The number of amides is 2. The number of quaternary nitrogens is 1. The van der Waals surface area contributed by atoms with Crippen LogP contribution in [0.25, 0.3) is 11.2 Å². The molecule has 332 valence electrons. The average molecular weight is 913 g/mol. The number of phosphoric ester groups is 3. The Morgan fingerprint density at radius 3 is 2.31 bits per heavy atom. The molecule has 0 saturated carbocycles. The molecule has 2 aromatic heterocycles. The van der Waals surface area contributed by atoms with Crippen molar-refractivity contribution in [3.63, 3.8) is 0 Å². The fourth-order valence-corrected chi connectivity index (χ4v) is 7.52. The quantitative estimate of drug-likeness (QED) is 0.0282. The predicted octanol–water partition coefficient (Wildman–Crippen LogP) is -2.04. The topological polar surface area (TPSA) is 376 Å². The number of nitrogen functional groups attached to an aromatic ring is 1. The van der Waals surface area contributed by atoms with Gasteiger partial charge in [0, 0.05) is 37.6 Å². The summed E-state index contributed by atoms with van der Waals surface area (Å²) in [5.74, 6) is -1.16. The van der Waals surface area contributed by atoms with Crippen LogP contribution in [0.1, 0.15) is 33.4 Å². The lowest BCUT2D eigenvalue weighted by Crippen LogP contribution is -2.46. The average Bonchev–Trinajstić information content (AvgIpc) is 3.64. The van der Waals surface area contributed by atoms with Gasteiger partial charge in [-0.3, -0.25) is 32.6 Å². The molecular weight excluding hydrogens is 861 g/mol. The Morgan fingerprint density at radius 2 is 1.72 bits per heavy atom. The van der Waals surface area contributed by atoms with Crippen LogP contribution in [-0.4, -0.2) is 157 Å². The SMILES string of the molecule is CC(=O)OCC[N+](C)(C)C.CC(C)(COP(=O)(O)OP(=O)(O)OC[C@H]1O[C@@H](n2cnc3c(N)ncnc32)[C@H](O)[C@@H]1OP(=O)([O-])O)[C@@H](O)C(=O)NCCC(=O)NCCS. The van der Waals surface area contributed by atoms with Gasteiger partial charge in [-0.2, -0.15) is 16.9 Å². The maximum absolute atomic E-state index is 12.6. The van der Waals surface area contributed by atoms with Crippen LogP contribution in [0.4, 0.5) is 5.82 Å². The van der Waals surface area contributed by atoms with Gasteiger partial charge in [0.05, 0.1) is 40.7 Å². The van der Waals surface area contributed by atoms with Gasteiger partial charge in [-0.25, -0.2) is 24.1 Å². The minimum absolute atomic E-state index is 0.0218. The molecule has 3 unspecified atom stereocenters. The van der Waals surface area contributed by atoms with Crippen LogP contribution < -0.4 is 21.3 Å². The number of rotatable bonds is 21. The first kappa shape index (κ1) is 51.5. The van der Waals surface area contributed by atoms with E-state index < -0.39 is 78.6 Å². The number of esters is 1. The van der Waals surface area contributed by atoms with Crippen molar-refractivity contribution in [1.29, 1.82) is 0 Å². The van der Waals surface area contributed by atoms with E-state index in [-0.39, 0.29) is 41.8 Å². The monoisotopic (exact) mass is 912 g/mol. The number of carbonyl (C=O) groups excluding carboxylic acids is 3. The maximum atomic E-state index is 12.6. The zero-order chi connectivity index (χ0) is 44.3. The Balaban J connectivity index is 0.00000102. The number of ether oxygens (including phenoxy) is 2. The second kappa shape index (κ2) is 21.7. The smallest absolute Gasteiger partial charge is 0.481 e. The molecule has 30 heteroatoms. The number of hydrogen-bond acceptors (Lipinski definition) is 20. The summed E-state index contributed by atoms with van der Waals surface area (Å²) in [6, 6.07) is 0. The number of aromatic nitrogens is 4. The Morgan fingerprint density at radius 1 is 1.09 bits per heavy atom. The van der Waals surface area contributed by atoms with Crippen molar-refractivity contribution in [1.82, 2.24) is 30.2 Å². The molecule has 1 saturated heterocycles. The number of thiol groups is 1. The van der Waals surface area contributed by atoms with Crippen LogP contribution in [0, 0.1) is 5.41 Å². The third-order valence-corrected chi connectivity index (χ3v) is 10.9. The van der Waals surface area contributed by atoms with Crippen LogP contribution in [0.3, 0.4) is 0 Å². The first-order valence-electron chi connectivity index (χ1n) is 17.0. The molecule has 1 aliphatic rings. The van der Waals surface area contributed by atoms with Crippen molar-refractivity contribution in [3.8, 4) is 0 Å². The normalized spacial score (nSPS) is 22.1. The van der Waals surface area contributed by atoms with Gasteiger partial charge in [0.25, 0.3) is 7.82 Å². The molecule has 26 nitrogen and oxygen atoms in total. The van der Waals surface area contributed by atoms with Gasteiger partial charge < -0.3 is 64.6 Å². The summed E-state index contributed by atoms with van der Waals surface area (Å²) in [5.41, 5.74) is 4.26. The van der Waals surface area contributed by atoms with Crippen molar-refractivity contribution < 1.29 is 89.7 Å². The van der Waals surface area contributed by atoms with Gasteiger partial charge in [0.1, 0.15) is 49.4 Å². The highest BCUT2D eigenvalue weighted by molar-refractivity contribution is 7.80. The Hall–Kier alpha value is -2.68. The van der Waals surface area contributed by atoms with Gasteiger partial charge in [0.2, 0.25) is 11.8 Å². The number of aliphatic hydroxyl groups is 2. The molecular formula is C28H51N8O18P3S. The summed E-state index contributed by atoms with van der Waals surface area (Å²) in [6.07, 6.45) is -6.94. The van der Waals surface area contributed by atoms with E-state index in [9.17, 15) is 57.9 Å². The van der Waals surface area contributed by atoms with Crippen molar-refractivity contribution in [2.75, 3.05) is 72.1 Å². The summed E-state index contributed by atoms with van der Waals surface area (Å²) in [7, 11) is -10.4. The zero-order valence-corrected chi connectivity index (χ0v) is 35.9. The van der Waals surface area contributed by atoms with E-state index in [4.69, 9.17) is 19.7 Å². The standard InChI is InChI=1S/C21H36N7O16P3S.C7H16NO2/c1-21(2,16(31)19(32)24-4-3-12(29)23-5-6-48)8-41-47(38,39)44-46(36,37)40-7-11-15(43-45(33,34)35)14(30)20(42-11)28-10-27-13-17(22)25-9-26-18(13)28;1-7(9)10-6-5-8(2,3)4/h9-11,14-16,20,30-31,48H,3-8H2,1-2H3,(H,23,29)(H,24,32)(H,36,37)(H,38,39)(H2,22,25,26)(H2,33,34,35);5-6H2,1-4H3/q;+1/p-1/t11-,14-,15-,16+,20-;/m1./s1. The van der Waals surface area contributed by atoms with Crippen LogP contribution in [0.5, 0.6) is 0 Å². The maximum Gasteiger partial charge on any atom is 0.481 e. The molecule has 2 amide bonds. The van der Waals surface area contributed by atoms with E-state index in [1.165, 1.54) is 20.8 Å². The van der Waals surface area contributed by atoms with E-state index in [1.807, 2.05) is 0 Å². The van der Waals surface area contributed by atoms with Crippen LogP contribution in [0.15, 0.2) is 12.7 Å². The van der Waals surface area contributed by atoms with Crippen molar-refractivity contribution >= 4 is 70.9 Å². The Labute approximate surface area is 338 Å². The molecule has 9 N–H and O–H groups in total. The Kier molecular flexibility index (Phi) is 19.3. The molecule has 3 heterocycles. The minimum atomic E-state index is -5.56. The molecule has 8 atom stereocenters. The largest absolute Gasteiger partial charge is 0.756 e. The van der Waals surface area contributed by atoms with Crippen molar-refractivity contribution in [2.24, 2.45) is 5.41 Å². The summed E-state index contributed by atoms with van der Waals surface area (Å²) >= 11 is 3.95. The fourth-order valence-electron chi connectivity index (χ4n) is 4.59. The van der Waals surface area contributed by atoms with E-state index in [0.717, 1.165) is 28.2 Å². The first-order valence-corrected chi connectivity index (χ1v) is 22.1. The van der Waals surface area contributed by atoms with Gasteiger partial charge in [0.15, 0.2) is 17.7 Å². The number of phosphoric acid groups is 3. The number of fused-ring (bicyclic) bond motifs is 1. The highest BCUT2D eigenvalue weighted by atomic mass is 32.1. The number of aliphatic hydroxyl groups excluding tert-OH is 2. The number of hydrogen-bond donors (Lipinski definition) is 9. The van der Waals surface area contributed by atoms with Crippen LogP contribution in [-0.2, 0) is 55.4 Å². The van der Waals surface area contributed by atoms with Gasteiger partial charge >= 0.3 is 21.6 Å². The van der Waals surface area contributed by atoms with E-state index in [2.05, 4.69) is 72.7 Å². The number of nitrogens with zero attached hydrogens (tertiary/aromatic N) is 5. The molecule has 0 aliphatic carbocycles. The molecule has 2 aromatic rings. The summed E-state index contributed by atoms with van der Waals surface area (Å²) < 4.78 is 67.0. The Bertz CT molecular complexity index is 1850. The summed E-state index contributed by atoms with van der Waals surface area (Å²) in [6.45, 7) is 3.47. The molecule has 1 aliphatic heterocycles. The number of imidazole rings is 1. The first-order chi connectivity index (χ1) is 26.6. The van der Waals surface area contributed by atoms with E-state index >= 15 is 0 Å². The molecule has 0 spiro atoms. The highest BCUT2D eigenvalue weighted by Crippen LogP contribution is 2.61. The minimum Gasteiger partial charge on any atom is -0.756 e. The number of carbonyl (C=O) groups is 3. The lowest BCUT2D eigenvalue weighted by atomic mass is 9.87. The number of nitrogens with two attached hydrogens (primary N) is 1. The molecule has 3 rings (SSSR count). The van der Waals surface area contributed by atoms with E-state index in [1.54, 1.807) is 0 Å². The summed E-state index contributed by atoms with van der Waals surface area (Å²) in [5, 5.41) is 26.0. The van der Waals surface area contributed by atoms with Crippen molar-refractivity contribution in [2.45, 2.75) is 57.8 Å². The second-order valence-corrected chi connectivity index (χ2v) is 18.8. The fraction of sp³-hybridized carbons (Fsp3) is 0.714. The number of likely N-dealkylation sites (N-methyl/N-ethyl adjacent to an activating group) is 1. The van der Waals surface area contributed by atoms with Crippen molar-refractivity contribution in [3.05, 3.63) is 12.7 Å². The van der Waals surface area contributed by atoms with Crippen LogP contribution in [0.2, 0.25) is 0 Å². The van der Waals surface area contributed by atoms with Crippen LogP contribution >= 0.6 is 36.1 Å². The zero-order valence-electron chi connectivity index (χ0n) is 32.3. The molecule has 0 bridgehead atoms. The third kappa shape index (κ3) is 17.5. The predicted molar refractivity (Wildman–Crippen MR) is 201 cm³/mol. The number of nitrogens with one attached hydrogen (secondary N) is 2. The molecule has 0 radical (unpaired) electrons. The molecule has 0 aromatic carbocycles. The highest BCUT2D eigenvalue weighted by Gasteiger charge is 2.49. The molecule has 1 fully saturated rings. The van der Waals surface area contributed by atoms with E-state index in [0.29, 0.717) is 18.9 Å². The van der Waals surface area contributed by atoms with Gasteiger partial charge in [-0.15, -0.1) is 0 Å². The lowest BCUT2D eigenvalue weighted by molar-refractivity contribution is -0.870. The summed E-state index contributed by atoms with van der Waals surface area (Å²) in [4.78, 5) is 86.9.